The molecule has 2 heterocycles. The van der Waals surface area contributed by atoms with Gasteiger partial charge in [0.1, 0.15) is 11.8 Å². The van der Waals surface area contributed by atoms with E-state index in [0.717, 1.165) is 18.3 Å². The van der Waals surface area contributed by atoms with Crippen molar-refractivity contribution < 1.29 is 22.9 Å². The van der Waals surface area contributed by atoms with Crippen molar-refractivity contribution in [3.8, 4) is 0 Å². The van der Waals surface area contributed by atoms with Crippen molar-refractivity contribution in [1.29, 1.82) is 0 Å². The number of nitro groups is 1. The van der Waals surface area contributed by atoms with Gasteiger partial charge in [-0.3, -0.25) is 10.1 Å². The molecule has 1 amide bonds. The first-order chi connectivity index (χ1) is 11.5. The second kappa shape index (κ2) is 6.95. The van der Waals surface area contributed by atoms with Crippen molar-refractivity contribution in [1.82, 2.24) is 9.88 Å². The third-order valence-electron chi connectivity index (χ3n) is 3.67. The molecule has 10 heteroatoms. The van der Waals surface area contributed by atoms with E-state index >= 15 is 0 Å². The highest BCUT2D eigenvalue weighted by Gasteiger charge is 2.35. The summed E-state index contributed by atoms with van der Waals surface area (Å²) in [6.07, 6.45) is 1.60. The largest absolute Gasteiger partial charge is 0.444 e. The molecule has 1 aliphatic rings. The van der Waals surface area contributed by atoms with Gasteiger partial charge in [-0.25, -0.2) is 18.2 Å². The number of ether oxygens (including phenoxy) is 1. The van der Waals surface area contributed by atoms with Crippen molar-refractivity contribution in [2.24, 2.45) is 0 Å². The molecule has 0 radical (unpaired) electrons. The predicted molar refractivity (Wildman–Crippen MR) is 88.9 cm³/mol. The first-order valence-corrected chi connectivity index (χ1v) is 9.48. The SMILES string of the molecule is CC(C)(C)OC(=O)N1CCC[C@H]1CS(=O)(=O)c1ccc([N+](=O)[O-])cn1. The first-order valence-electron chi connectivity index (χ1n) is 7.82. The van der Waals surface area contributed by atoms with Crippen LogP contribution in [0.5, 0.6) is 0 Å². The van der Waals surface area contributed by atoms with Gasteiger partial charge in [0.15, 0.2) is 14.9 Å². The van der Waals surface area contributed by atoms with Crippen molar-refractivity contribution in [3.63, 3.8) is 0 Å². The number of carbonyl (C=O) groups excluding carboxylic acids is 1. The van der Waals surface area contributed by atoms with E-state index in [0.29, 0.717) is 19.4 Å². The summed E-state index contributed by atoms with van der Waals surface area (Å²) in [5.41, 5.74) is -0.946. The predicted octanol–water partition coefficient (Wildman–Crippen LogP) is 2.16. The maximum atomic E-state index is 12.5. The molecule has 0 spiro atoms. The second-order valence-corrected chi connectivity index (χ2v) is 8.84. The van der Waals surface area contributed by atoms with Gasteiger partial charge in [0.25, 0.3) is 5.69 Å². The quantitative estimate of drug-likeness (QED) is 0.587. The summed E-state index contributed by atoms with van der Waals surface area (Å²) in [5.74, 6) is -0.295. The number of amides is 1. The van der Waals surface area contributed by atoms with Gasteiger partial charge in [-0.2, -0.15) is 0 Å². The average Bonchev–Trinajstić information content (AvgIpc) is 2.93. The molecule has 138 valence electrons. The number of sulfone groups is 1. The molecule has 0 saturated carbocycles. The highest BCUT2D eigenvalue weighted by molar-refractivity contribution is 7.91. The van der Waals surface area contributed by atoms with Crippen molar-refractivity contribution >= 4 is 21.6 Å². The van der Waals surface area contributed by atoms with Crippen LogP contribution in [0.1, 0.15) is 33.6 Å². The van der Waals surface area contributed by atoms with Gasteiger partial charge in [0.2, 0.25) is 0 Å². The van der Waals surface area contributed by atoms with Crippen LogP contribution in [-0.4, -0.2) is 53.3 Å². The molecular formula is C15H21N3O6S. The molecule has 1 saturated heterocycles. The topological polar surface area (TPSA) is 120 Å². The van der Waals surface area contributed by atoms with Gasteiger partial charge in [0.05, 0.1) is 10.7 Å². The van der Waals surface area contributed by atoms with Gasteiger partial charge in [-0.05, 0) is 39.7 Å². The molecule has 1 atom stereocenters. The zero-order chi connectivity index (χ0) is 18.8. The molecule has 1 aromatic heterocycles. The van der Waals surface area contributed by atoms with Crippen LogP contribution in [-0.2, 0) is 14.6 Å². The van der Waals surface area contributed by atoms with E-state index in [1.807, 2.05) is 0 Å². The van der Waals surface area contributed by atoms with Gasteiger partial charge >= 0.3 is 6.09 Å². The summed E-state index contributed by atoms with van der Waals surface area (Å²) in [7, 11) is -3.78. The van der Waals surface area contributed by atoms with Crippen molar-refractivity contribution in [2.75, 3.05) is 12.3 Å². The van der Waals surface area contributed by atoms with Crippen LogP contribution < -0.4 is 0 Å². The van der Waals surface area contributed by atoms with Gasteiger partial charge in [-0.1, -0.05) is 0 Å². The van der Waals surface area contributed by atoms with Gasteiger partial charge in [0, 0.05) is 18.7 Å². The lowest BCUT2D eigenvalue weighted by molar-refractivity contribution is -0.385. The number of pyridine rings is 1. The Kier molecular flexibility index (Phi) is 5.31. The average molecular weight is 371 g/mol. The fraction of sp³-hybridized carbons (Fsp3) is 0.600. The zero-order valence-corrected chi connectivity index (χ0v) is 15.2. The minimum Gasteiger partial charge on any atom is -0.444 e. The maximum Gasteiger partial charge on any atom is 0.410 e. The smallest absolute Gasteiger partial charge is 0.410 e. The molecular weight excluding hydrogens is 350 g/mol. The number of hydrogen-bond donors (Lipinski definition) is 0. The summed E-state index contributed by atoms with van der Waals surface area (Å²) in [6, 6.07) is 1.71. The minimum absolute atomic E-state index is 0.242. The molecule has 1 aromatic rings. The number of nitrogens with zero attached hydrogens (tertiary/aromatic N) is 3. The third-order valence-corrected chi connectivity index (χ3v) is 5.37. The van der Waals surface area contributed by atoms with E-state index in [9.17, 15) is 23.3 Å². The van der Waals surface area contributed by atoms with E-state index in [1.54, 1.807) is 20.8 Å². The van der Waals surface area contributed by atoms with Crippen molar-refractivity contribution in [3.05, 3.63) is 28.4 Å². The highest BCUT2D eigenvalue weighted by Crippen LogP contribution is 2.24. The fourth-order valence-electron chi connectivity index (χ4n) is 2.57. The minimum atomic E-state index is -3.78. The van der Waals surface area contributed by atoms with Crippen molar-refractivity contribution in [2.45, 2.75) is 50.3 Å². The lowest BCUT2D eigenvalue weighted by atomic mass is 10.2. The van der Waals surface area contributed by atoms with Gasteiger partial charge < -0.3 is 9.64 Å². The Hall–Kier alpha value is -2.23. The lowest BCUT2D eigenvalue weighted by Crippen LogP contribution is -2.42. The summed E-state index contributed by atoms with van der Waals surface area (Å²) < 4.78 is 30.3. The summed E-state index contributed by atoms with van der Waals surface area (Å²) in [5, 5.41) is 10.4. The van der Waals surface area contributed by atoms with E-state index in [-0.39, 0.29) is 16.5 Å². The molecule has 0 bridgehead atoms. The van der Waals surface area contributed by atoms with Crippen LogP contribution in [0.2, 0.25) is 0 Å². The molecule has 1 aliphatic heterocycles. The normalized spacial score (nSPS) is 18.2. The van der Waals surface area contributed by atoms with Crippen LogP contribution >= 0.6 is 0 Å². The van der Waals surface area contributed by atoms with E-state index < -0.39 is 32.5 Å². The first kappa shape index (κ1) is 19.1. The Morgan fingerprint density at radius 2 is 2.12 bits per heavy atom. The van der Waals surface area contributed by atoms with Crippen LogP contribution in [0, 0.1) is 10.1 Å². The summed E-state index contributed by atoms with van der Waals surface area (Å²) >= 11 is 0. The number of carbonyl (C=O) groups is 1. The van der Waals surface area contributed by atoms with E-state index in [4.69, 9.17) is 4.74 Å². The van der Waals surface area contributed by atoms with Crippen LogP contribution in [0.15, 0.2) is 23.4 Å². The standard InChI is InChI=1S/C15H21N3O6S/c1-15(2,3)24-14(19)17-8-4-5-12(17)10-25(22,23)13-7-6-11(9-16-13)18(20)21/h6-7,9,12H,4-5,8,10H2,1-3H3/t12-/m0/s1. The Bertz CT molecular complexity index is 754. The Labute approximate surface area is 146 Å². The molecule has 0 aliphatic carbocycles. The highest BCUT2D eigenvalue weighted by atomic mass is 32.2. The summed E-state index contributed by atoms with van der Waals surface area (Å²) in [6.45, 7) is 5.66. The molecule has 0 unspecified atom stereocenters. The fourth-order valence-corrected chi connectivity index (χ4v) is 4.09. The molecule has 2 rings (SSSR count). The monoisotopic (exact) mass is 371 g/mol. The number of aromatic nitrogens is 1. The van der Waals surface area contributed by atoms with Gasteiger partial charge in [-0.15, -0.1) is 0 Å². The zero-order valence-electron chi connectivity index (χ0n) is 14.3. The molecule has 0 aromatic carbocycles. The number of hydrogen-bond acceptors (Lipinski definition) is 7. The van der Waals surface area contributed by atoms with Crippen LogP contribution in [0.4, 0.5) is 10.5 Å². The molecule has 1 fully saturated rings. The number of rotatable bonds is 4. The Balaban J connectivity index is 2.13. The Morgan fingerprint density at radius 1 is 1.44 bits per heavy atom. The Morgan fingerprint density at radius 3 is 2.64 bits per heavy atom. The summed E-state index contributed by atoms with van der Waals surface area (Å²) in [4.78, 5) is 27.3. The third kappa shape index (κ3) is 4.88. The molecule has 9 nitrogen and oxygen atoms in total. The van der Waals surface area contributed by atoms with E-state index in [1.165, 1.54) is 4.90 Å². The maximum absolute atomic E-state index is 12.5. The van der Waals surface area contributed by atoms with Crippen LogP contribution in [0.3, 0.4) is 0 Å². The van der Waals surface area contributed by atoms with Crippen LogP contribution in [0.25, 0.3) is 0 Å². The van der Waals surface area contributed by atoms with E-state index in [2.05, 4.69) is 4.98 Å². The lowest BCUT2D eigenvalue weighted by Gasteiger charge is -2.28. The second-order valence-electron chi connectivity index (χ2n) is 6.86. The number of likely N-dealkylation sites (tertiary alicyclic amines) is 1. The molecule has 25 heavy (non-hydrogen) atoms. The molecule has 0 N–H and O–H groups in total.